The van der Waals surface area contributed by atoms with Gasteiger partial charge in [-0.15, -0.1) is 0 Å². The third kappa shape index (κ3) is 9.46. The Morgan fingerprint density at radius 1 is 1.14 bits per heavy atom. The molecular formula is C25H40N4O6. The van der Waals surface area contributed by atoms with E-state index in [2.05, 4.69) is 10.6 Å². The van der Waals surface area contributed by atoms with Crippen molar-refractivity contribution < 1.29 is 29.0 Å². The fraction of sp³-hybridized carbons (Fsp3) is 0.600. The fourth-order valence-electron chi connectivity index (χ4n) is 3.46. The van der Waals surface area contributed by atoms with Crippen LogP contribution in [0, 0.1) is 6.92 Å². The molecule has 0 fully saturated rings. The molecule has 0 heterocycles. The largest absolute Gasteiger partial charge is 0.507 e. The molecule has 0 aliphatic rings. The number of benzene rings is 1. The van der Waals surface area contributed by atoms with Crippen LogP contribution in [0.2, 0.25) is 0 Å². The quantitative estimate of drug-likeness (QED) is 0.373. The maximum absolute atomic E-state index is 13.8. The number of phenolic OH excluding ortho intramolecular Hbond substituents is 1. The molecule has 2 atom stereocenters. The highest BCUT2D eigenvalue weighted by Gasteiger charge is 2.38. The molecule has 0 saturated heterocycles. The number of nitrogens with one attached hydrogen (secondary N) is 2. The number of hydrogen-bond acceptors (Lipinski definition) is 6. The number of phenols is 1. The molecule has 0 spiro atoms. The molecule has 0 bridgehead atoms. The molecule has 0 aliphatic heterocycles. The van der Waals surface area contributed by atoms with Crippen LogP contribution in [0.4, 0.5) is 4.79 Å². The molecule has 1 aromatic carbocycles. The molecule has 1 aromatic rings. The van der Waals surface area contributed by atoms with Gasteiger partial charge >= 0.3 is 6.09 Å². The third-order valence-corrected chi connectivity index (χ3v) is 4.98. The lowest BCUT2D eigenvalue weighted by Gasteiger charge is -2.35. The van der Waals surface area contributed by atoms with Gasteiger partial charge in [0.15, 0.2) is 0 Å². The van der Waals surface area contributed by atoms with Crippen molar-refractivity contribution in [2.75, 3.05) is 6.54 Å². The summed E-state index contributed by atoms with van der Waals surface area (Å²) in [5.74, 6) is -2.11. The third-order valence-electron chi connectivity index (χ3n) is 4.98. The Morgan fingerprint density at radius 3 is 2.29 bits per heavy atom. The number of aryl methyl sites for hydroxylation is 1. The van der Waals surface area contributed by atoms with Gasteiger partial charge in [0.25, 0.3) is 0 Å². The summed E-state index contributed by atoms with van der Waals surface area (Å²) in [6.45, 7) is 12.3. The summed E-state index contributed by atoms with van der Waals surface area (Å²) in [5, 5.41) is 16.0. The fourth-order valence-corrected chi connectivity index (χ4v) is 3.46. The monoisotopic (exact) mass is 492 g/mol. The summed E-state index contributed by atoms with van der Waals surface area (Å²) in [5.41, 5.74) is 5.31. The average Bonchev–Trinajstić information content (AvgIpc) is 2.70. The predicted octanol–water partition coefficient (Wildman–Crippen LogP) is 2.66. The van der Waals surface area contributed by atoms with Crippen LogP contribution in [-0.4, -0.2) is 58.1 Å². The lowest BCUT2D eigenvalue weighted by molar-refractivity contribution is -0.143. The smallest absolute Gasteiger partial charge is 0.408 e. The molecule has 0 aliphatic carbocycles. The Balaban J connectivity index is 3.55. The van der Waals surface area contributed by atoms with Crippen molar-refractivity contribution in [3.8, 4) is 5.75 Å². The lowest BCUT2D eigenvalue weighted by atomic mass is 9.98. The molecule has 196 valence electrons. The van der Waals surface area contributed by atoms with Gasteiger partial charge in [0.05, 0.1) is 6.42 Å². The van der Waals surface area contributed by atoms with Crippen LogP contribution in [0.5, 0.6) is 5.75 Å². The highest BCUT2D eigenvalue weighted by Crippen LogP contribution is 2.32. The topological polar surface area (TPSA) is 151 Å². The van der Waals surface area contributed by atoms with Crippen LogP contribution in [0.3, 0.4) is 0 Å². The summed E-state index contributed by atoms with van der Waals surface area (Å²) in [6, 6.07) is 2.15. The molecule has 10 nitrogen and oxygen atoms in total. The molecule has 4 amide bonds. The van der Waals surface area contributed by atoms with Crippen molar-refractivity contribution in [1.29, 1.82) is 0 Å². The van der Waals surface area contributed by atoms with Gasteiger partial charge in [0.2, 0.25) is 17.7 Å². The number of ether oxygens (including phenoxy) is 1. The van der Waals surface area contributed by atoms with E-state index in [1.165, 1.54) is 4.90 Å². The van der Waals surface area contributed by atoms with E-state index in [1.54, 1.807) is 59.7 Å². The van der Waals surface area contributed by atoms with Crippen molar-refractivity contribution in [3.05, 3.63) is 29.3 Å². The van der Waals surface area contributed by atoms with Gasteiger partial charge in [0.1, 0.15) is 23.4 Å². The van der Waals surface area contributed by atoms with E-state index < -0.39 is 47.9 Å². The van der Waals surface area contributed by atoms with Crippen LogP contribution in [0.15, 0.2) is 18.2 Å². The standard InChI is InChI=1S/C25H40N4O6/c1-8-9-13-29(23(33)18(14-19(26)30)28-24(34)35-25(5,6)7)20(22(32)27-15(2)3)17-12-10-11-16(4)21(17)31/h10-12,15,18,20,31H,8-9,13-14H2,1-7H3,(H2,26,30)(H,27,32)(H,28,34). The van der Waals surface area contributed by atoms with Gasteiger partial charge in [-0.25, -0.2) is 4.79 Å². The maximum Gasteiger partial charge on any atom is 0.408 e. The van der Waals surface area contributed by atoms with Gasteiger partial charge < -0.3 is 31.1 Å². The number of amides is 4. The van der Waals surface area contributed by atoms with Crippen LogP contribution in [0.25, 0.3) is 0 Å². The zero-order valence-corrected chi connectivity index (χ0v) is 21.8. The van der Waals surface area contributed by atoms with E-state index >= 15 is 0 Å². The Labute approximate surface area is 207 Å². The minimum absolute atomic E-state index is 0.114. The first-order valence-electron chi connectivity index (χ1n) is 11.8. The van der Waals surface area contributed by atoms with Crippen molar-refractivity contribution in [2.45, 2.75) is 91.5 Å². The lowest BCUT2D eigenvalue weighted by Crippen LogP contribution is -2.54. The molecule has 0 aromatic heterocycles. The number of primary amides is 1. The van der Waals surface area contributed by atoms with E-state index in [1.807, 2.05) is 6.92 Å². The molecular weight excluding hydrogens is 452 g/mol. The van der Waals surface area contributed by atoms with E-state index in [4.69, 9.17) is 10.5 Å². The summed E-state index contributed by atoms with van der Waals surface area (Å²) < 4.78 is 5.25. The Bertz CT molecular complexity index is 910. The highest BCUT2D eigenvalue weighted by molar-refractivity contribution is 5.94. The van der Waals surface area contributed by atoms with E-state index in [-0.39, 0.29) is 23.9 Å². The van der Waals surface area contributed by atoms with Crippen LogP contribution >= 0.6 is 0 Å². The SMILES string of the molecule is CCCCN(C(=O)C(CC(N)=O)NC(=O)OC(C)(C)C)C(C(=O)NC(C)C)c1cccc(C)c1O. The molecule has 0 radical (unpaired) electrons. The van der Waals surface area contributed by atoms with E-state index in [0.717, 1.165) is 0 Å². The Kier molecular flexibility index (Phi) is 11.0. The van der Waals surface area contributed by atoms with Gasteiger partial charge in [-0.05, 0) is 53.5 Å². The molecule has 2 unspecified atom stereocenters. The second-order valence-corrected chi connectivity index (χ2v) is 9.83. The number of carbonyl (C=O) groups is 4. The molecule has 35 heavy (non-hydrogen) atoms. The maximum atomic E-state index is 13.8. The van der Waals surface area contributed by atoms with Crippen LogP contribution in [-0.2, 0) is 19.1 Å². The Morgan fingerprint density at radius 2 is 1.77 bits per heavy atom. The number of rotatable bonds is 11. The number of carbonyl (C=O) groups excluding carboxylic acids is 4. The number of unbranched alkanes of at least 4 members (excludes halogenated alkanes) is 1. The number of aromatic hydroxyl groups is 1. The number of nitrogens with zero attached hydrogens (tertiary/aromatic N) is 1. The zero-order valence-electron chi connectivity index (χ0n) is 21.8. The predicted molar refractivity (Wildman–Crippen MR) is 132 cm³/mol. The molecule has 5 N–H and O–H groups in total. The van der Waals surface area contributed by atoms with Gasteiger partial charge in [-0.2, -0.15) is 0 Å². The average molecular weight is 493 g/mol. The molecule has 10 heteroatoms. The van der Waals surface area contributed by atoms with Gasteiger partial charge in [-0.3, -0.25) is 14.4 Å². The summed E-state index contributed by atoms with van der Waals surface area (Å²) in [6.07, 6.45) is -0.130. The van der Waals surface area contributed by atoms with Crippen LogP contribution < -0.4 is 16.4 Å². The van der Waals surface area contributed by atoms with E-state index in [0.29, 0.717) is 18.4 Å². The van der Waals surface area contributed by atoms with Crippen molar-refractivity contribution >= 4 is 23.8 Å². The first kappa shape index (κ1) is 29.7. The highest BCUT2D eigenvalue weighted by atomic mass is 16.6. The minimum Gasteiger partial charge on any atom is -0.507 e. The van der Waals surface area contributed by atoms with Crippen molar-refractivity contribution in [2.24, 2.45) is 5.73 Å². The first-order valence-corrected chi connectivity index (χ1v) is 11.8. The Hall–Kier alpha value is -3.30. The summed E-state index contributed by atoms with van der Waals surface area (Å²) in [4.78, 5) is 52.6. The van der Waals surface area contributed by atoms with Crippen LogP contribution in [0.1, 0.15) is 78.0 Å². The zero-order chi connectivity index (χ0) is 26.9. The summed E-state index contributed by atoms with van der Waals surface area (Å²) >= 11 is 0. The van der Waals surface area contributed by atoms with Gasteiger partial charge in [0, 0.05) is 18.2 Å². The number of hydrogen-bond donors (Lipinski definition) is 4. The number of para-hydroxylation sites is 1. The molecule has 1 rings (SSSR count). The van der Waals surface area contributed by atoms with Gasteiger partial charge in [-0.1, -0.05) is 31.5 Å². The number of alkyl carbamates (subject to hydrolysis) is 1. The van der Waals surface area contributed by atoms with E-state index in [9.17, 15) is 24.3 Å². The first-order chi connectivity index (χ1) is 16.2. The normalized spacial score (nSPS) is 13.0. The van der Waals surface area contributed by atoms with Crippen molar-refractivity contribution in [1.82, 2.24) is 15.5 Å². The minimum atomic E-state index is -1.36. The number of nitrogens with two attached hydrogens (primary N) is 1. The second-order valence-electron chi connectivity index (χ2n) is 9.83. The molecule has 0 saturated carbocycles. The van der Waals surface area contributed by atoms with Crippen molar-refractivity contribution in [3.63, 3.8) is 0 Å². The second kappa shape index (κ2) is 13.0. The summed E-state index contributed by atoms with van der Waals surface area (Å²) in [7, 11) is 0.